The summed E-state index contributed by atoms with van der Waals surface area (Å²) in [6.45, 7) is 5.77. The van der Waals surface area contributed by atoms with Crippen LogP contribution in [-0.2, 0) is 13.6 Å². The molecule has 3 heterocycles. The number of aromatic nitrogens is 3. The van der Waals surface area contributed by atoms with E-state index in [0.717, 1.165) is 39.1 Å². The number of aryl methyl sites for hydroxylation is 2. The quantitative estimate of drug-likeness (QED) is 0.182. The van der Waals surface area contributed by atoms with Crippen LogP contribution < -0.4 is 25.4 Å². The zero-order valence-electron chi connectivity index (χ0n) is 23.8. The van der Waals surface area contributed by atoms with Gasteiger partial charge in [-0.3, -0.25) is 9.48 Å². The molecule has 0 aliphatic carbocycles. The van der Waals surface area contributed by atoms with Gasteiger partial charge in [-0.2, -0.15) is 5.10 Å². The molecule has 214 valence electrons. The number of rotatable bonds is 9. The number of amides is 2. The first kappa shape index (κ1) is 27.9. The molecule has 5 rings (SSSR count). The minimum atomic E-state index is -0.380. The first-order valence-corrected chi connectivity index (χ1v) is 13.4. The Labute approximate surface area is 237 Å². The van der Waals surface area contributed by atoms with E-state index in [1.165, 1.54) is 7.05 Å². The van der Waals surface area contributed by atoms with Gasteiger partial charge in [0, 0.05) is 67.1 Å². The molecule has 41 heavy (non-hydrogen) atoms. The van der Waals surface area contributed by atoms with Gasteiger partial charge in [0.25, 0.3) is 0 Å². The molecule has 1 aliphatic rings. The highest BCUT2D eigenvalue weighted by molar-refractivity contribution is 6.16. The summed E-state index contributed by atoms with van der Waals surface area (Å²) in [5.41, 5.74) is 6.33. The number of hydrogen-bond acceptors (Lipinski definition) is 7. The van der Waals surface area contributed by atoms with E-state index < -0.39 is 0 Å². The minimum absolute atomic E-state index is 0.0506. The summed E-state index contributed by atoms with van der Waals surface area (Å²) in [6.07, 6.45) is 1.79. The van der Waals surface area contributed by atoms with Crippen LogP contribution in [0.1, 0.15) is 27.3 Å². The summed E-state index contributed by atoms with van der Waals surface area (Å²) in [4.78, 5) is 25.4. The third-order valence-electron chi connectivity index (χ3n) is 7.28. The molecular weight excluding hydrogens is 524 g/mol. The number of carbonyl (C=O) groups is 2. The number of fused-ring (bicyclic) bond motifs is 2. The highest BCUT2D eigenvalue weighted by Crippen LogP contribution is 2.41. The molecule has 2 amide bonds. The van der Waals surface area contributed by atoms with Crippen molar-refractivity contribution in [1.29, 1.82) is 0 Å². The number of anilines is 1. The molecular formula is C30H34N6O5. The van der Waals surface area contributed by atoms with Crippen molar-refractivity contribution in [2.75, 3.05) is 39.2 Å². The molecule has 0 spiro atoms. The number of nitrogens with zero attached hydrogens (tertiary/aromatic N) is 3. The van der Waals surface area contributed by atoms with Crippen LogP contribution in [0.5, 0.6) is 11.5 Å². The monoisotopic (exact) mass is 558 g/mol. The predicted octanol–water partition coefficient (Wildman–Crippen LogP) is 3.62. The van der Waals surface area contributed by atoms with Crippen LogP contribution >= 0.6 is 0 Å². The lowest BCUT2D eigenvalue weighted by molar-refractivity contribution is 0.101. The van der Waals surface area contributed by atoms with E-state index >= 15 is 0 Å². The van der Waals surface area contributed by atoms with Crippen LogP contribution in [0.4, 0.5) is 10.5 Å². The second kappa shape index (κ2) is 11.5. The Morgan fingerprint density at radius 1 is 1.17 bits per heavy atom. The highest BCUT2D eigenvalue weighted by atomic mass is 16.5. The Kier molecular flexibility index (Phi) is 7.82. The van der Waals surface area contributed by atoms with Crippen LogP contribution in [0, 0.1) is 13.8 Å². The van der Waals surface area contributed by atoms with Crippen molar-refractivity contribution in [3.05, 3.63) is 64.7 Å². The Bertz CT molecular complexity index is 1680. The zero-order chi connectivity index (χ0) is 29.3. The summed E-state index contributed by atoms with van der Waals surface area (Å²) in [7, 11) is 5.05. The molecule has 2 aromatic carbocycles. The van der Waals surface area contributed by atoms with E-state index in [1.807, 2.05) is 43.8 Å². The lowest BCUT2D eigenvalue weighted by Gasteiger charge is -2.13. The number of nitrogens with one attached hydrogen (secondary N) is 3. The molecule has 2 aromatic heterocycles. The molecule has 0 radical (unpaired) electrons. The lowest BCUT2D eigenvalue weighted by atomic mass is 10.0. The van der Waals surface area contributed by atoms with Crippen LogP contribution in [0.2, 0.25) is 0 Å². The molecule has 0 saturated carbocycles. The predicted molar refractivity (Wildman–Crippen MR) is 158 cm³/mol. The largest absolute Gasteiger partial charge is 0.497 e. The summed E-state index contributed by atoms with van der Waals surface area (Å²) < 4.78 is 15.7. The van der Waals surface area contributed by atoms with Gasteiger partial charge in [-0.1, -0.05) is 0 Å². The Balaban J connectivity index is 1.70. The maximum Gasteiger partial charge on any atom is 0.318 e. The summed E-state index contributed by atoms with van der Waals surface area (Å²) >= 11 is 0. The van der Waals surface area contributed by atoms with Gasteiger partial charge in [0.15, 0.2) is 5.76 Å². The molecule has 0 bridgehead atoms. The number of Topliss-reactive ketones (excluding diaryl/α,β-unsaturated/α-hetero) is 1. The summed E-state index contributed by atoms with van der Waals surface area (Å²) in [6, 6.07) is 10.5. The van der Waals surface area contributed by atoms with Gasteiger partial charge in [-0.05, 0) is 56.3 Å². The number of benzene rings is 2. The van der Waals surface area contributed by atoms with Gasteiger partial charge in [0.05, 0.1) is 30.7 Å². The minimum Gasteiger partial charge on any atom is -0.497 e. The smallest absolute Gasteiger partial charge is 0.318 e. The van der Waals surface area contributed by atoms with E-state index in [4.69, 9.17) is 9.47 Å². The fraction of sp³-hybridized carbons (Fsp3) is 0.300. The first-order valence-electron chi connectivity index (χ1n) is 13.4. The maximum absolute atomic E-state index is 13.6. The van der Waals surface area contributed by atoms with Gasteiger partial charge in [0.2, 0.25) is 5.78 Å². The van der Waals surface area contributed by atoms with Gasteiger partial charge < -0.3 is 35.1 Å². The highest BCUT2D eigenvalue weighted by Gasteiger charge is 2.30. The molecule has 0 atom stereocenters. The van der Waals surface area contributed by atoms with Crippen LogP contribution in [-0.4, -0.2) is 65.1 Å². The summed E-state index contributed by atoms with van der Waals surface area (Å²) in [5.74, 6) is 1.01. The molecule has 4 N–H and O–H groups in total. The number of allylic oxidation sites excluding steroid dienone is 1. The standard InChI is InChI=1S/C30H34N6O5/c1-17-27(18(2)35(4)34-17)28-22(21-15-20(40-5)7-8-24(21)36(28)12-10-32-11-13-37)16-26-29(38)23-14-19(33-30(39)31-3)6-9-25(23)41-26/h6-9,14-16,32,37H,10-13H2,1-5H3,(H2,31,33,39)/b26-16-. The number of aliphatic hydroxyl groups is 1. The number of carbonyl (C=O) groups excluding carboxylic acids is 2. The average Bonchev–Trinajstić information content (AvgIpc) is 3.53. The molecule has 0 saturated heterocycles. The average molecular weight is 559 g/mol. The number of ether oxygens (including phenoxy) is 2. The molecule has 0 unspecified atom stereocenters. The second-order valence-electron chi connectivity index (χ2n) is 9.79. The van der Waals surface area contributed by atoms with Crippen molar-refractivity contribution in [2.24, 2.45) is 7.05 Å². The molecule has 11 nitrogen and oxygen atoms in total. The van der Waals surface area contributed by atoms with Gasteiger partial charge in [-0.15, -0.1) is 0 Å². The summed E-state index contributed by atoms with van der Waals surface area (Å²) in [5, 5.41) is 23.3. The van der Waals surface area contributed by atoms with Crippen molar-refractivity contribution < 1.29 is 24.2 Å². The maximum atomic E-state index is 13.6. The van der Waals surface area contributed by atoms with E-state index in [1.54, 1.807) is 31.4 Å². The van der Waals surface area contributed by atoms with Gasteiger partial charge in [0.1, 0.15) is 11.5 Å². The normalized spacial score (nSPS) is 13.5. The first-order chi connectivity index (χ1) is 19.8. The third kappa shape index (κ3) is 5.17. The van der Waals surface area contributed by atoms with Crippen LogP contribution in [0.25, 0.3) is 28.2 Å². The van der Waals surface area contributed by atoms with E-state index in [2.05, 4.69) is 25.6 Å². The van der Waals surface area contributed by atoms with E-state index in [9.17, 15) is 14.7 Å². The second-order valence-corrected chi connectivity index (χ2v) is 9.79. The van der Waals surface area contributed by atoms with Crippen molar-refractivity contribution in [3.8, 4) is 22.8 Å². The van der Waals surface area contributed by atoms with Crippen molar-refractivity contribution in [2.45, 2.75) is 20.4 Å². The SMILES string of the molecule is CNC(=O)Nc1ccc2c(c1)C(=O)/C(=C/c1c(-c3c(C)nn(C)c3C)n(CCNCCO)c3ccc(OC)cc13)O2. The Morgan fingerprint density at radius 3 is 2.66 bits per heavy atom. The van der Waals surface area contributed by atoms with Crippen molar-refractivity contribution in [1.82, 2.24) is 25.0 Å². The zero-order valence-corrected chi connectivity index (χ0v) is 23.8. The molecule has 11 heteroatoms. The molecule has 4 aromatic rings. The Hall–Kier alpha value is -4.61. The van der Waals surface area contributed by atoms with E-state index in [-0.39, 0.29) is 24.2 Å². The fourth-order valence-corrected chi connectivity index (χ4v) is 5.24. The van der Waals surface area contributed by atoms with Gasteiger partial charge in [-0.25, -0.2) is 4.79 Å². The van der Waals surface area contributed by atoms with Crippen LogP contribution in [0.3, 0.4) is 0 Å². The van der Waals surface area contributed by atoms with Gasteiger partial charge >= 0.3 is 6.03 Å². The molecule has 1 aliphatic heterocycles. The Morgan fingerprint density at radius 2 is 1.98 bits per heavy atom. The number of urea groups is 1. The van der Waals surface area contributed by atoms with Crippen LogP contribution in [0.15, 0.2) is 42.2 Å². The lowest BCUT2D eigenvalue weighted by Crippen LogP contribution is -2.24. The topological polar surface area (TPSA) is 132 Å². The third-order valence-corrected chi connectivity index (χ3v) is 7.28. The number of ketones is 1. The number of aliphatic hydroxyl groups excluding tert-OH is 1. The molecule has 0 fully saturated rings. The van der Waals surface area contributed by atoms with Crippen molar-refractivity contribution in [3.63, 3.8) is 0 Å². The van der Waals surface area contributed by atoms with E-state index in [0.29, 0.717) is 42.4 Å². The number of hydrogen-bond donors (Lipinski definition) is 4. The fourth-order valence-electron chi connectivity index (χ4n) is 5.24. The van der Waals surface area contributed by atoms with Crippen molar-refractivity contribution >= 4 is 34.5 Å². The number of methoxy groups -OCH3 is 1.